The minimum Gasteiger partial charge on any atom is -0.0616 e. The van der Waals surface area contributed by atoms with Crippen LogP contribution in [-0.4, -0.2) is 0 Å². The van der Waals surface area contributed by atoms with E-state index in [1.165, 1.54) is 76.1 Å². The van der Waals surface area contributed by atoms with E-state index in [1.54, 1.807) is 0 Å². The zero-order valence-corrected chi connectivity index (χ0v) is 20.9. The zero-order valence-electron chi connectivity index (χ0n) is 20.9. The number of hydrogen-bond acceptors (Lipinski definition) is 0. The molecule has 0 spiro atoms. The van der Waals surface area contributed by atoms with Crippen LogP contribution in [0.2, 0.25) is 0 Å². The fraction of sp³-hybridized carbons (Fsp3) is 0. The number of rotatable bonds is 2. The maximum absolute atomic E-state index is 2.35. The Morgan fingerprint density at radius 1 is 0.237 bits per heavy atom. The largest absolute Gasteiger partial charge is 0.0616 e. The van der Waals surface area contributed by atoms with Crippen molar-refractivity contribution in [3.05, 3.63) is 146 Å². The van der Waals surface area contributed by atoms with Gasteiger partial charge in [0.1, 0.15) is 0 Å². The van der Waals surface area contributed by atoms with Gasteiger partial charge >= 0.3 is 0 Å². The number of benzene rings is 8. The van der Waals surface area contributed by atoms with Gasteiger partial charge in [0.05, 0.1) is 0 Å². The molecule has 0 bridgehead atoms. The van der Waals surface area contributed by atoms with E-state index in [1.807, 2.05) is 0 Å². The van der Waals surface area contributed by atoms with Crippen LogP contribution in [0.15, 0.2) is 146 Å². The van der Waals surface area contributed by atoms with Crippen LogP contribution in [0.1, 0.15) is 0 Å². The lowest BCUT2D eigenvalue weighted by molar-refractivity contribution is 1.67. The summed E-state index contributed by atoms with van der Waals surface area (Å²) in [6.07, 6.45) is 0. The highest BCUT2D eigenvalue weighted by Crippen LogP contribution is 2.36. The Morgan fingerprint density at radius 2 is 0.658 bits per heavy atom. The van der Waals surface area contributed by atoms with E-state index in [9.17, 15) is 0 Å². The molecule has 0 aliphatic rings. The summed E-state index contributed by atoms with van der Waals surface area (Å²) in [6.45, 7) is 0. The van der Waals surface area contributed by atoms with E-state index in [2.05, 4.69) is 146 Å². The summed E-state index contributed by atoms with van der Waals surface area (Å²) < 4.78 is 0. The van der Waals surface area contributed by atoms with E-state index in [4.69, 9.17) is 0 Å². The molecule has 0 aromatic heterocycles. The molecular weight excluding hydrogens is 456 g/mol. The second-order valence-electron chi connectivity index (χ2n) is 10.2. The Bertz CT molecular complexity index is 2030. The van der Waals surface area contributed by atoms with E-state index in [0.29, 0.717) is 0 Å². The van der Waals surface area contributed by atoms with Crippen molar-refractivity contribution in [1.29, 1.82) is 0 Å². The highest BCUT2D eigenvalue weighted by Gasteiger charge is 2.09. The first-order chi connectivity index (χ1) is 18.8. The van der Waals surface area contributed by atoms with Crippen molar-refractivity contribution in [3.63, 3.8) is 0 Å². The minimum absolute atomic E-state index is 1.25. The van der Waals surface area contributed by atoms with Crippen molar-refractivity contribution >= 4 is 53.9 Å². The number of hydrogen-bond donors (Lipinski definition) is 0. The highest BCUT2D eigenvalue weighted by atomic mass is 14.1. The van der Waals surface area contributed by atoms with Gasteiger partial charge in [0.15, 0.2) is 0 Å². The Hall–Kier alpha value is -4.94. The minimum atomic E-state index is 1.25. The first-order valence-electron chi connectivity index (χ1n) is 13.2. The molecule has 0 heterocycles. The Balaban J connectivity index is 1.31. The SMILES string of the molecule is c1ccc2cc3c(-c4ccc5ccc(-c6cccc7cc8ccccc8cc67)cc5c4)cccc3cc2c1. The van der Waals surface area contributed by atoms with Crippen molar-refractivity contribution in [3.8, 4) is 22.3 Å². The third-order valence-corrected chi connectivity index (χ3v) is 7.96. The molecule has 0 radical (unpaired) electrons. The summed E-state index contributed by atoms with van der Waals surface area (Å²) in [5, 5.41) is 12.8. The van der Waals surface area contributed by atoms with E-state index in [-0.39, 0.29) is 0 Å². The van der Waals surface area contributed by atoms with Crippen molar-refractivity contribution in [1.82, 2.24) is 0 Å². The molecule has 0 saturated carbocycles. The van der Waals surface area contributed by atoms with Crippen molar-refractivity contribution in [2.75, 3.05) is 0 Å². The van der Waals surface area contributed by atoms with Crippen molar-refractivity contribution < 1.29 is 0 Å². The number of fused-ring (bicyclic) bond motifs is 5. The maximum atomic E-state index is 2.35. The third-order valence-electron chi connectivity index (χ3n) is 7.96. The van der Waals surface area contributed by atoms with Crippen LogP contribution in [0.3, 0.4) is 0 Å². The molecule has 8 aromatic carbocycles. The molecule has 8 rings (SSSR count). The molecule has 0 nitrogen and oxygen atoms in total. The molecular formula is C38H24. The van der Waals surface area contributed by atoms with Gasteiger partial charge in [-0.15, -0.1) is 0 Å². The van der Waals surface area contributed by atoms with Gasteiger partial charge in [-0.2, -0.15) is 0 Å². The summed E-state index contributed by atoms with van der Waals surface area (Å²) in [4.78, 5) is 0. The molecule has 8 aromatic rings. The Kier molecular flexibility index (Phi) is 4.62. The summed E-state index contributed by atoms with van der Waals surface area (Å²) in [5.74, 6) is 0. The molecule has 38 heavy (non-hydrogen) atoms. The van der Waals surface area contributed by atoms with Crippen LogP contribution in [0, 0.1) is 0 Å². The van der Waals surface area contributed by atoms with E-state index < -0.39 is 0 Å². The quantitative estimate of drug-likeness (QED) is 0.216. The van der Waals surface area contributed by atoms with Gasteiger partial charge in [-0.25, -0.2) is 0 Å². The van der Waals surface area contributed by atoms with Gasteiger partial charge in [-0.05, 0) is 113 Å². The molecule has 0 fully saturated rings. The van der Waals surface area contributed by atoms with Crippen LogP contribution in [0.5, 0.6) is 0 Å². The van der Waals surface area contributed by atoms with Crippen LogP contribution in [0.25, 0.3) is 76.1 Å². The second kappa shape index (κ2) is 8.30. The molecule has 0 unspecified atom stereocenters. The molecule has 0 amide bonds. The summed E-state index contributed by atoms with van der Waals surface area (Å²) in [6, 6.07) is 53.5. The molecule has 0 N–H and O–H groups in total. The molecule has 0 saturated heterocycles. The summed E-state index contributed by atoms with van der Waals surface area (Å²) in [5.41, 5.74) is 5.05. The molecule has 0 heteroatoms. The Morgan fingerprint density at radius 3 is 1.13 bits per heavy atom. The van der Waals surface area contributed by atoms with Gasteiger partial charge in [-0.3, -0.25) is 0 Å². The van der Waals surface area contributed by atoms with Crippen LogP contribution < -0.4 is 0 Å². The van der Waals surface area contributed by atoms with Gasteiger partial charge in [-0.1, -0.05) is 109 Å². The van der Waals surface area contributed by atoms with Crippen LogP contribution in [-0.2, 0) is 0 Å². The van der Waals surface area contributed by atoms with Crippen molar-refractivity contribution in [2.45, 2.75) is 0 Å². The van der Waals surface area contributed by atoms with Crippen molar-refractivity contribution in [2.24, 2.45) is 0 Å². The fourth-order valence-electron chi connectivity index (χ4n) is 6.02. The van der Waals surface area contributed by atoms with Crippen LogP contribution >= 0.6 is 0 Å². The Labute approximate surface area is 221 Å². The van der Waals surface area contributed by atoms with E-state index >= 15 is 0 Å². The zero-order chi connectivity index (χ0) is 25.1. The predicted molar refractivity (Wildman–Crippen MR) is 165 cm³/mol. The van der Waals surface area contributed by atoms with Gasteiger partial charge in [0.25, 0.3) is 0 Å². The average molecular weight is 481 g/mol. The fourth-order valence-corrected chi connectivity index (χ4v) is 6.02. The third kappa shape index (κ3) is 3.38. The first kappa shape index (κ1) is 21.2. The van der Waals surface area contributed by atoms with Gasteiger partial charge < -0.3 is 0 Å². The average Bonchev–Trinajstić information content (AvgIpc) is 2.98. The topological polar surface area (TPSA) is 0 Å². The monoisotopic (exact) mass is 480 g/mol. The molecule has 0 aliphatic heterocycles. The lowest BCUT2D eigenvalue weighted by Gasteiger charge is -2.12. The lowest BCUT2D eigenvalue weighted by atomic mass is 9.92. The summed E-state index contributed by atoms with van der Waals surface area (Å²) in [7, 11) is 0. The smallest absolute Gasteiger partial charge is 0.00990 e. The summed E-state index contributed by atoms with van der Waals surface area (Å²) >= 11 is 0. The molecule has 0 aliphatic carbocycles. The van der Waals surface area contributed by atoms with Gasteiger partial charge in [0.2, 0.25) is 0 Å². The first-order valence-corrected chi connectivity index (χ1v) is 13.2. The lowest BCUT2D eigenvalue weighted by Crippen LogP contribution is -1.85. The standard InChI is InChI=1S/C38H24/c1-3-9-28-23-37-30(19-26(28)7-1)11-5-13-35(37)32-17-15-25-16-18-33(22-34(25)21-32)36-14-6-12-31-20-27-8-2-4-10-29(27)24-38(31)36/h1-24H. The van der Waals surface area contributed by atoms with Gasteiger partial charge in [0, 0.05) is 0 Å². The highest BCUT2D eigenvalue weighted by molar-refractivity contribution is 6.08. The van der Waals surface area contributed by atoms with E-state index in [0.717, 1.165) is 0 Å². The normalized spacial score (nSPS) is 11.7. The predicted octanol–water partition coefficient (Wildman–Crippen LogP) is 10.8. The van der Waals surface area contributed by atoms with Crippen LogP contribution in [0.4, 0.5) is 0 Å². The molecule has 0 atom stereocenters. The second-order valence-corrected chi connectivity index (χ2v) is 10.2. The molecule has 176 valence electrons. The maximum Gasteiger partial charge on any atom is -0.00990 e.